The van der Waals surface area contributed by atoms with Crippen LogP contribution in [0.25, 0.3) is 0 Å². The van der Waals surface area contributed by atoms with Crippen molar-refractivity contribution in [3.8, 4) is 0 Å². The van der Waals surface area contributed by atoms with Gasteiger partial charge in [-0.25, -0.2) is 0 Å². The van der Waals surface area contributed by atoms with Gasteiger partial charge in [-0.3, -0.25) is 0 Å². The second-order valence-corrected chi connectivity index (χ2v) is 4.65. The summed E-state index contributed by atoms with van der Waals surface area (Å²) in [5.41, 5.74) is 1.10. The summed E-state index contributed by atoms with van der Waals surface area (Å²) >= 11 is 0. The Morgan fingerprint density at radius 1 is 1.46 bits per heavy atom. The zero-order chi connectivity index (χ0) is 9.84. The Morgan fingerprint density at radius 2 is 2.08 bits per heavy atom. The topological polar surface area (TPSA) is 20.2 Å². The molecule has 0 spiro atoms. The summed E-state index contributed by atoms with van der Waals surface area (Å²) in [7, 11) is 0. The lowest BCUT2D eigenvalue weighted by atomic mass is 9.76. The van der Waals surface area contributed by atoms with Crippen LogP contribution < -0.4 is 0 Å². The van der Waals surface area contributed by atoms with Gasteiger partial charge in [0.15, 0.2) is 0 Å². The maximum atomic E-state index is 9.95. The molecule has 1 nitrogen and oxygen atoms in total. The molecule has 0 aromatic rings. The number of hydrogen-bond acceptors (Lipinski definition) is 1. The van der Waals surface area contributed by atoms with Gasteiger partial charge in [-0.15, -0.1) is 6.58 Å². The molecule has 0 heterocycles. The van der Waals surface area contributed by atoms with Crippen molar-refractivity contribution >= 4 is 0 Å². The molecular weight excluding hydrogens is 160 g/mol. The van der Waals surface area contributed by atoms with Crippen LogP contribution in [0.15, 0.2) is 12.2 Å². The summed E-state index contributed by atoms with van der Waals surface area (Å²) in [4.78, 5) is 0. The van der Waals surface area contributed by atoms with E-state index in [1.54, 1.807) is 0 Å². The van der Waals surface area contributed by atoms with E-state index in [9.17, 15) is 5.11 Å². The molecule has 3 atom stereocenters. The van der Waals surface area contributed by atoms with Crippen molar-refractivity contribution in [1.82, 2.24) is 0 Å². The standard InChI is InChI=1S/C12H22O/c1-9(2)8-12(13)11-7-5-4-6-10(11)3/h10-13H,1,4-8H2,2-3H3. The molecule has 1 heteroatoms. The van der Waals surface area contributed by atoms with Gasteiger partial charge in [0.2, 0.25) is 0 Å². The maximum Gasteiger partial charge on any atom is 0.0607 e. The first-order valence-corrected chi connectivity index (χ1v) is 5.43. The molecule has 0 bridgehead atoms. The highest BCUT2D eigenvalue weighted by molar-refractivity contribution is 4.93. The van der Waals surface area contributed by atoms with Crippen LogP contribution in [0.2, 0.25) is 0 Å². The van der Waals surface area contributed by atoms with E-state index in [-0.39, 0.29) is 6.10 Å². The minimum Gasteiger partial charge on any atom is -0.392 e. The van der Waals surface area contributed by atoms with Gasteiger partial charge in [0.1, 0.15) is 0 Å². The van der Waals surface area contributed by atoms with Gasteiger partial charge in [-0.05, 0) is 31.6 Å². The van der Waals surface area contributed by atoms with Crippen LogP contribution in [0.4, 0.5) is 0 Å². The van der Waals surface area contributed by atoms with Crippen molar-refractivity contribution in [2.24, 2.45) is 11.8 Å². The fraction of sp³-hybridized carbons (Fsp3) is 0.833. The second kappa shape index (κ2) is 4.80. The monoisotopic (exact) mass is 182 g/mol. The van der Waals surface area contributed by atoms with Crippen molar-refractivity contribution in [2.75, 3.05) is 0 Å². The van der Waals surface area contributed by atoms with Crippen LogP contribution in [0.1, 0.15) is 46.0 Å². The zero-order valence-corrected chi connectivity index (χ0v) is 8.92. The van der Waals surface area contributed by atoms with Gasteiger partial charge in [0.25, 0.3) is 0 Å². The van der Waals surface area contributed by atoms with Gasteiger partial charge in [-0.2, -0.15) is 0 Å². The predicted molar refractivity (Wildman–Crippen MR) is 56.6 cm³/mol. The van der Waals surface area contributed by atoms with Crippen LogP contribution in [0.5, 0.6) is 0 Å². The van der Waals surface area contributed by atoms with Gasteiger partial charge in [0, 0.05) is 0 Å². The molecule has 3 unspecified atom stereocenters. The number of hydrogen-bond donors (Lipinski definition) is 1. The SMILES string of the molecule is C=C(C)CC(O)C1CCCCC1C. The first-order valence-electron chi connectivity index (χ1n) is 5.43. The Hall–Kier alpha value is -0.300. The van der Waals surface area contributed by atoms with Crippen molar-refractivity contribution in [3.63, 3.8) is 0 Å². The third-order valence-electron chi connectivity index (χ3n) is 3.23. The summed E-state index contributed by atoms with van der Waals surface area (Å²) in [6, 6.07) is 0. The van der Waals surface area contributed by atoms with Crippen molar-refractivity contribution in [1.29, 1.82) is 0 Å². The first-order chi connectivity index (χ1) is 6.11. The summed E-state index contributed by atoms with van der Waals surface area (Å²) in [6.45, 7) is 8.12. The van der Waals surface area contributed by atoms with Gasteiger partial charge in [0.05, 0.1) is 6.10 Å². The van der Waals surface area contributed by atoms with E-state index in [0.29, 0.717) is 11.8 Å². The van der Waals surface area contributed by atoms with Crippen molar-refractivity contribution < 1.29 is 5.11 Å². The van der Waals surface area contributed by atoms with Crippen LogP contribution in [-0.4, -0.2) is 11.2 Å². The Morgan fingerprint density at radius 3 is 2.62 bits per heavy atom. The fourth-order valence-corrected chi connectivity index (χ4v) is 2.42. The first kappa shape index (κ1) is 10.8. The molecule has 0 aromatic carbocycles. The van der Waals surface area contributed by atoms with Crippen LogP contribution >= 0.6 is 0 Å². The molecule has 0 aromatic heterocycles. The van der Waals surface area contributed by atoms with E-state index >= 15 is 0 Å². The number of aliphatic hydroxyl groups is 1. The molecule has 13 heavy (non-hydrogen) atoms. The molecule has 1 saturated carbocycles. The largest absolute Gasteiger partial charge is 0.392 e. The Bertz CT molecular complexity index is 174. The van der Waals surface area contributed by atoms with E-state index in [0.717, 1.165) is 12.0 Å². The zero-order valence-electron chi connectivity index (χ0n) is 8.92. The molecule has 0 radical (unpaired) electrons. The third kappa shape index (κ3) is 3.15. The molecule has 1 rings (SSSR count). The highest BCUT2D eigenvalue weighted by atomic mass is 16.3. The average Bonchev–Trinajstić information content (AvgIpc) is 2.03. The average molecular weight is 182 g/mol. The molecular formula is C12H22O. The van der Waals surface area contributed by atoms with Crippen LogP contribution in [-0.2, 0) is 0 Å². The van der Waals surface area contributed by atoms with E-state index in [4.69, 9.17) is 0 Å². The smallest absolute Gasteiger partial charge is 0.0607 e. The highest BCUT2D eigenvalue weighted by Gasteiger charge is 2.27. The fourth-order valence-electron chi connectivity index (χ4n) is 2.42. The second-order valence-electron chi connectivity index (χ2n) is 4.65. The van der Waals surface area contributed by atoms with Crippen molar-refractivity contribution in [2.45, 2.75) is 52.1 Å². The lowest BCUT2D eigenvalue weighted by Crippen LogP contribution is -2.29. The van der Waals surface area contributed by atoms with E-state index in [1.807, 2.05) is 6.92 Å². The van der Waals surface area contributed by atoms with Gasteiger partial charge >= 0.3 is 0 Å². The van der Waals surface area contributed by atoms with Gasteiger partial charge < -0.3 is 5.11 Å². The number of rotatable bonds is 3. The minimum atomic E-state index is -0.146. The summed E-state index contributed by atoms with van der Waals surface area (Å²) in [5, 5.41) is 9.95. The summed E-state index contributed by atoms with van der Waals surface area (Å²) in [5.74, 6) is 1.22. The van der Waals surface area contributed by atoms with Crippen molar-refractivity contribution in [3.05, 3.63) is 12.2 Å². The summed E-state index contributed by atoms with van der Waals surface area (Å²) in [6.07, 6.45) is 5.77. The molecule has 1 aliphatic carbocycles. The van der Waals surface area contributed by atoms with Gasteiger partial charge in [-0.1, -0.05) is 31.8 Å². The van der Waals surface area contributed by atoms with E-state index in [2.05, 4.69) is 13.5 Å². The van der Waals surface area contributed by atoms with E-state index in [1.165, 1.54) is 25.7 Å². The predicted octanol–water partition coefficient (Wildman–Crippen LogP) is 3.14. The van der Waals surface area contributed by atoms with Crippen LogP contribution in [0.3, 0.4) is 0 Å². The molecule has 1 fully saturated rings. The highest BCUT2D eigenvalue weighted by Crippen LogP contribution is 2.33. The normalized spacial score (nSPS) is 31.3. The third-order valence-corrected chi connectivity index (χ3v) is 3.23. The minimum absolute atomic E-state index is 0.146. The maximum absolute atomic E-state index is 9.95. The van der Waals surface area contributed by atoms with Crippen LogP contribution in [0, 0.1) is 11.8 Å². The Labute approximate surface area is 81.9 Å². The molecule has 0 amide bonds. The number of aliphatic hydroxyl groups excluding tert-OH is 1. The van der Waals surface area contributed by atoms with E-state index < -0.39 is 0 Å². The summed E-state index contributed by atoms with van der Waals surface area (Å²) < 4.78 is 0. The lowest BCUT2D eigenvalue weighted by Gasteiger charge is -2.32. The molecule has 76 valence electrons. The quantitative estimate of drug-likeness (QED) is 0.665. The molecule has 0 aliphatic heterocycles. The molecule has 1 aliphatic rings. The Kier molecular flexibility index (Phi) is 3.98. The molecule has 0 saturated heterocycles. The Balaban J connectivity index is 2.43. The lowest BCUT2D eigenvalue weighted by molar-refractivity contribution is 0.0541. The molecule has 1 N–H and O–H groups in total.